The van der Waals surface area contributed by atoms with Crippen molar-refractivity contribution in [2.75, 3.05) is 47.0 Å². The van der Waals surface area contributed by atoms with Crippen LogP contribution in [0.3, 0.4) is 0 Å². The van der Waals surface area contributed by atoms with Crippen LogP contribution in [0.5, 0.6) is 0 Å². The van der Waals surface area contributed by atoms with Crippen molar-refractivity contribution in [1.29, 1.82) is 0 Å². The number of nitrogens with one attached hydrogen (secondary N) is 1. The number of hydrogen-bond acceptors (Lipinski definition) is 4. The number of amides is 1. The van der Waals surface area contributed by atoms with Crippen LogP contribution < -0.4 is 5.32 Å². The van der Waals surface area contributed by atoms with Crippen LogP contribution in [0.15, 0.2) is 30.3 Å². The number of hydrogen-bond donors (Lipinski definition) is 1. The van der Waals surface area contributed by atoms with E-state index < -0.39 is 0 Å². The van der Waals surface area contributed by atoms with Gasteiger partial charge in [-0.05, 0) is 5.56 Å². The first-order valence-electron chi connectivity index (χ1n) is 6.79. The van der Waals surface area contributed by atoms with Gasteiger partial charge in [0.05, 0.1) is 26.4 Å². The average molecular weight is 280 g/mol. The summed E-state index contributed by atoms with van der Waals surface area (Å²) in [6.45, 7) is 3.33. The van der Waals surface area contributed by atoms with Gasteiger partial charge in [-0.15, -0.1) is 0 Å². The van der Waals surface area contributed by atoms with Crippen LogP contribution in [0.2, 0.25) is 0 Å². The molecular weight excluding hydrogens is 256 g/mol. The summed E-state index contributed by atoms with van der Waals surface area (Å²) in [5.41, 5.74) is 1.14. The summed E-state index contributed by atoms with van der Waals surface area (Å²) in [6.07, 6.45) is 0. The van der Waals surface area contributed by atoms with E-state index in [1.54, 1.807) is 19.1 Å². The van der Waals surface area contributed by atoms with Crippen molar-refractivity contribution in [3.8, 4) is 0 Å². The molecule has 0 aliphatic heterocycles. The summed E-state index contributed by atoms with van der Waals surface area (Å²) in [4.78, 5) is 13.4. The minimum absolute atomic E-state index is 0.0596. The fraction of sp³-hybridized carbons (Fsp3) is 0.533. The molecule has 20 heavy (non-hydrogen) atoms. The van der Waals surface area contributed by atoms with Crippen molar-refractivity contribution >= 4 is 5.91 Å². The average Bonchev–Trinajstić information content (AvgIpc) is 2.48. The van der Waals surface area contributed by atoms with Gasteiger partial charge in [0, 0.05) is 27.2 Å². The van der Waals surface area contributed by atoms with Crippen molar-refractivity contribution in [2.24, 2.45) is 0 Å². The molecule has 0 unspecified atom stereocenters. The van der Waals surface area contributed by atoms with E-state index in [1.807, 2.05) is 30.3 Å². The third-order valence-corrected chi connectivity index (χ3v) is 2.87. The van der Waals surface area contributed by atoms with Crippen LogP contribution >= 0.6 is 0 Å². The molecule has 1 rings (SSSR count). The highest BCUT2D eigenvalue weighted by Crippen LogP contribution is 2.00. The molecule has 5 nitrogen and oxygen atoms in total. The summed E-state index contributed by atoms with van der Waals surface area (Å²) < 4.78 is 10.4. The van der Waals surface area contributed by atoms with E-state index in [2.05, 4.69) is 5.32 Å². The molecule has 0 radical (unpaired) electrons. The van der Waals surface area contributed by atoms with E-state index >= 15 is 0 Å². The highest BCUT2D eigenvalue weighted by Gasteiger charge is 2.07. The van der Waals surface area contributed by atoms with Crippen LogP contribution in [-0.4, -0.2) is 57.8 Å². The lowest BCUT2D eigenvalue weighted by Crippen LogP contribution is -2.38. The van der Waals surface area contributed by atoms with E-state index in [0.29, 0.717) is 39.5 Å². The maximum Gasteiger partial charge on any atom is 0.236 e. The third kappa shape index (κ3) is 7.23. The molecule has 0 saturated carbocycles. The number of carbonyl (C=O) groups excluding carboxylic acids is 1. The summed E-state index contributed by atoms with van der Waals surface area (Å²) in [6, 6.07) is 10.00. The Bertz CT molecular complexity index is 371. The predicted octanol–water partition coefficient (Wildman–Crippen LogP) is 0.898. The molecule has 0 spiro atoms. The minimum atomic E-state index is 0.0596. The number of rotatable bonds is 10. The standard InChI is InChI=1S/C15H24N2O3/c1-17(15(18)12-16-8-10-19-2)9-11-20-13-14-6-4-3-5-7-14/h3-7,16H,8-13H2,1-2H3. The molecule has 0 saturated heterocycles. The van der Waals surface area contributed by atoms with Crippen molar-refractivity contribution in [3.63, 3.8) is 0 Å². The number of carbonyl (C=O) groups is 1. The van der Waals surface area contributed by atoms with Gasteiger partial charge in [0.25, 0.3) is 0 Å². The highest BCUT2D eigenvalue weighted by atomic mass is 16.5. The van der Waals surface area contributed by atoms with Gasteiger partial charge in [-0.25, -0.2) is 0 Å². The predicted molar refractivity (Wildman–Crippen MR) is 78.5 cm³/mol. The molecule has 1 aromatic rings. The first kappa shape index (κ1) is 16.6. The van der Waals surface area contributed by atoms with E-state index in [0.717, 1.165) is 5.56 Å². The first-order chi connectivity index (χ1) is 9.74. The monoisotopic (exact) mass is 280 g/mol. The fourth-order valence-electron chi connectivity index (χ4n) is 1.59. The van der Waals surface area contributed by atoms with Crippen molar-refractivity contribution < 1.29 is 14.3 Å². The molecule has 1 amide bonds. The van der Waals surface area contributed by atoms with Crippen LogP contribution in [0.25, 0.3) is 0 Å². The second-order valence-corrected chi connectivity index (χ2v) is 4.52. The number of methoxy groups -OCH3 is 1. The molecule has 112 valence electrons. The number of likely N-dealkylation sites (N-methyl/N-ethyl adjacent to an activating group) is 1. The summed E-state index contributed by atoms with van der Waals surface area (Å²) in [7, 11) is 3.42. The zero-order valence-corrected chi connectivity index (χ0v) is 12.3. The molecule has 0 aromatic heterocycles. The molecule has 0 bridgehead atoms. The SMILES string of the molecule is COCCNCC(=O)N(C)CCOCc1ccccc1. The Hall–Kier alpha value is -1.43. The Morgan fingerprint density at radius 1 is 1.25 bits per heavy atom. The number of ether oxygens (including phenoxy) is 2. The molecule has 0 aliphatic rings. The zero-order chi connectivity index (χ0) is 14.6. The second kappa shape index (κ2) is 10.4. The topological polar surface area (TPSA) is 50.8 Å². The molecule has 1 N–H and O–H groups in total. The van der Waals surface area contributed by atoms with E-state index in [4.69, 9.17) is 9.47 Å². The lowest BCUT2D eigenvalue weighted by Gasteiger charge is -2.17. The Morgan fingerprint density at radius 2 is 2.00 bits per heavy atom. The lowest BCUT2D eigenvalue weighted by molar-refractivity contribution is -0.129. The van der Waals surface area contributed by atoms with E-state index in [-0.39, 0.29) is 5.91 Å². The zero-order valence-electron chi connectivity index (χ0n) is 12.3. The summed E-state index contributed by atoms with van der Waals surface area (Å²) in [5, 5.41) is 3.03. The Labute approximate surface area is 120 Å². The molecule has 0 heterocycles. The van der Waals surface area contributed by atoms with E-state index in [9.17, 15) is 4.79 Å². The van der Waals surface area contributed by atoms with Gasteiger partial charge in [0.2, 0.25) is 5.91 Å². The normalized spacial score (nSPS) is 10.5. The molecule has 0 atom stereocenters. The van der Waals surface area contributed by atoms with Gasteiger partial charge >= 0.3 is 0 Å². The largest absolute Gasteiger partial charge is 0.383 e. The third-order valence-electron chi connectivity index (χ3n) is 2.87. The first-order valence-corrected chi connectivity index (χ1v) is 6.79. The maximum absolute atomic E-state index is 11.7. The van der Waals surface area contributed by atoms with Gasteiger partial charge in [-0.3, -0.25) is 4.79 Å². The second-order valence-electron chi connectivity index (χ2n) is 4.52. The lowest BCUT2D eigenvalue weighted by atomic mass is 10.2. The molecular formula is C15H24N2O3. The van der Waals surface area contributed by atoms with Crippen LogP contribution in [0, 0.1) is 0 Å². The Morgan fingerprint density at radius 3 is 2.70 bits per heavy atom. The van der Waals surface area contributed by atoms with Crippen molar-refractivity contribution in [2.45, 2.75) is 6.61 Å². The van der Waals surface area contributed by atoms with Crippen LogP contribution in [0.4, 0.5) is 0 Å². The Kier molecular flexibility index (Phi) is 8.62. The number of nitrogens with zero attached hydrogens (tertiary/aromatic N) is 1. The molecule has 0 aliphatic carbocycles. The maximum atomic E-state index is 11.7. The molecule has 5 heteroatoms. The van der Waals surface area contributed by atoms with Gasteiger partial charge in [-0.1, -0.05) is 30.3 Å². The summed E-state index contributed by atoms with van der Waals surface area (Å²) >= 11 is 0. The number of benzene rings is 1. The summed E-state index contributed by atoms with van der Waals surface area (Å²) in [5.74, 6) is 0.0596. The van der Waals surface area contributed by atoms with Crippen LogP contribution in [-0.2, 0) is 20.9 Å². The van der Waals surface area contributed by atoms with E-state index in [1.165, 1.54) is 0 Å². The quantitative estimate of drug-likeness (QED) is 0.647. The fourth-order valence-corrected chi connectivity index (χ4v) is 1.59. The van der Waals surface area contributed by atoms with Crippen LogP contribution in [0.1, 0.15) is 5.56 Å². The van der Waals surface area contributed by atoms with Gasteiger partial charge in [-0.2, -0.15) is 0 Å². The van der Waals surface area contributed by atoms with Gasteiger partial charge < -0.3 is 19.7 Å². The molecule has 1 aromatic carbocycles. The van der Waals surface area contributed by atoms with Crippen molar-refractivity contribution in [1.82, 2.24) is 10.2 Å². The highest BCUT2D eigenvalue weighted by molar-refractivity contribution is 5.77. The minimum Gasteiger partial charge on any atom is -0.383 e. The van der Waals surface area contributed by atoms with Gasteiger partial charge in [0.15, 0.2) is 0 Å². The van der Waals surface area contributed by atoms with Crippen molar-refractivity contribution in [3.05, 3.63) is 35.9 Å². The molecule has 0 fully saturated rings. The van der Waals surface area contributed by atoms with Gasteiger partial charge in [0.1, 0.15) is 0 Å². The Balaban J connectivity index is 2.07. The smallest absolute Gasteiger partial charge is 0.236 e.